The number of hydrogen-bond donors (Lipinski definition) is 1. The molecule has 0 aliphatic heterocycles. The smallest absolute Gasteiger partial charge is 0.311 e. The fraction of sp³-hybridized carbons (Fsp3) is 0.933. The molecule has 0 bridgehead atoms. The predicted octanol–water partition coefficient (Wildman–Crippen LogP) is 6.16. The van der Waals surface area contributed by atoms with E-state index in [9.17, 15) is 14.7 Å². The Balaban J connectivity index is 1.46. The van der Waals surface area contributed by atoms with Crippen LogP contribution >= 0.6 is 0 Å². The van der Waals surface area contributed by atoms with Crippen molar-refractivity contribution in [3.8, 4) is 0 Å². The van der Waals surface area contributed by atoms with Crippen LogP contribution < -0.4 is 0 Å². The summed E-state index contributed by atoms with van der Waals surface area (Å²) in [4.78, 5) is 23.3. The lowest BCUT2D eigenvalue weighted by Crippen LogP contribution is -2.59. The highest BCUT2D eigenvalue weighted by molar-refractivity contribution is 5.76. The molecule has 4 saturated carbocycles. The van der Waals surface area contributed by atoms with Crippen molar-refractivity contribution in [1.29, 1.82) is 0 Å². The molecular weight excluding hydrogens is 440 g/mol. The van der Waals surface area contributed by atoms with Crippen molar-refractivity contribution in [2.45, 2.75) is 118 Å². The van der Waals surface area contributed by atoms with Gasteiger partial charge in [0.25, 0.3) is 6.47 Å². The van der Waals surface area contributed by atoms with E-state index in [0.717, 1.165) is 38.5 Å². The zero-order chi connectivity index (χ0) is 25.6. The maximum Gasteiger partial charge on any atom is 0.311 e. The molecule has 8 unspecified atom stereocenters. The van der Waals surface area contributed by atoms with Crippen LogP contribution in [0.25, 0.3) is 0 Å². The largest absolute Gasteiger partial charge is 0.468 e. The summed E-state index contributed by atoms with van der Waals surface area (Å²) < 4.78 is 11.0. The van der Waals surface area contributed by atoms with Crippen molar-refractivity contribution >= 4 is 12.4 Å². The summed E-state index contributed by atoms with van der Waals surface area (Å²) in [7, 11) is 0. The fourth-order valence-electron chi connectivity index (χ4n) is 9.21. The standard InChI is InChI=1S/C30H50O5/c1-7-28(3,4)27(33)35-21-12-14-29(5)20(16-21)8-9-22-24-11-10-23(19(2)13-15-34-18-31)30(24,6)26(32)17-25(22)29/h18-26,32H,7-17H2,1-6H3/t19?,20?,21-,22?,23?,24?,25?,26+,29?,30?/m1/s1. The molecule has 0 radical (unpaired) electrons. The van der Waals surface area contributed by atoms with E-state index in [1.54, 1.807) is 0 Å². The lowest BCUT2D eigenvalue weighted by Gasteiger charge is -2.62. The van der Waals surface area contributed by atoms with E-state index in [1.807, 2.05) is 13.8 Å². The van der Waals surface area contributed by atoms with Gasteiger partial charge in [-0.1, -0.05) is 27.7 Å². The van der Waals surface area contributed by atoms with Gasteiger partial charge in [-0.25, -0.2) is 0 Å². The van der Waals surface area contributed by atoms with Crippen LogP contribution in [0.3, 0.4) is 0 Å². The van der Waals surface area contributed by atoms with E-state index in [0.29, 0.717) is 48.6 Å². The Morgan fingerprint density at radius 2 is 1.86 bits per heavy atom. The van der Waals surface area contributed by atoms with Crippen molar-refractivity contribution in [3.63, 3.8) is 0 Å². The van der Waals surface area contributed by atoms with Gasteiger partial charge in [0.1, 0.15) is 6.10 Å². The Hall–Kier alpha value is -1.10. The molecule has 5 heteroatoms. The highest BCUT2D eigenvalue weighted by atomic mass is 16.5. The molecule has 200 valence electrons. The molecule has 0 heterocycles. The van der Waals surface area contributed by atoms with Gasteiger partial charge in [0.2, 0.25) is 0 Å². The average Bonchev–Trinajstić information content (AvgIpc) is 3.19. The molecule has 0 saturated heterocycles. The normalized spacial score (nSPS) is 43.9. The molecule has 0 amide bonds. The minimum Gasteiger partial charge on any atom is -0.468 e. The second kappa shape index (κ2) is 9.99. The van der Waals surface area contributed by atoms with E-state index in [1.165, 1.54) is 25.7 Å². The minimum atomic E-state index is -0.411. The van der Waals surface area contributed by atoms with Crippen LogP contribution in [0.2, 0.25) is 0 Å². The fourth-order valence-corrected chi connectivity index (χ4v) is 9.21. The van der Waals surface area contributed by atoms with E-state index in [2.05, 4.69) is 27.7 Å². The van der Waals surface area contributed by atoms with E-state index >= 15 is 0 Å². The summed E-state index contributed by atoms with van der Waals surface area (Å²) in [6.07, 6.45) is 10.3. The molecule has 0 aromatic carbocycles. The zero-order valence-electron chi connectivity index (χ0n) is 23.1. The lowest BCUT2D eigenvalue weighted by molar-refractivity contribution is -0.185. The third-order valence-corrected chi connectivity index (χ3v) is 12.0. The molecule has 0 spiro atoms. The maximum absolute atomic E-state index is 12.7. The predicted molar refractivity (Wildman–Crippen MR) is 136 cm³/mol. The Morgan fingerprint density at radius 3 is 2.54 bits per heavy atom. The first-order valence-electron chi connectivity index (χ1n) is 14.4. The van der Waals surface area contributed by atoms with Gasteiger partial charge >= 0.3 is 5.97 Å². The van der Waals surface area contributed by atoms with Crippen LogP contribution in [0, 0.1) is 51.8 Å². The van der Waals surface area contributed by atoms with Crippen LogP contribution in [-0.4, -0.2) is 36.4 Å². The van der Waals surface area contributed by atoms with Crippen molar-refractivity contribution in [1.82, 2.24) is 0 Å². The van der Waals surface area contributed by atoms with E-state index in [4.69, 9.17) is 9.47 Å². The molecule has 5 nitrogen and oxygen atoms in total. The van der Waals surface area contributed by atoms with Gasteiger partial charge in [0.05, 0.1) is 18.1 Å². The first-order valence-corrected chi connectivity index (χ1v) is 14.4. The SMILES string of the molecule is CCC(C)(C)C(=O)O[C@@H]1CCC2(C)C(CCC3C2C[C@H](O)C2(C)C(C(C)CCOC=O)CCC32)C1. The first-order chi connectivity index (χ1) is 16.5. The lowest BCUT2D eigenvalue weighted by atomic mass is 9.43. The zero-order valence-corrected chi connectivity index (χ0v) is 23.1. The Bertz CT molecular complexity index is 779. The van der Waals surface area contributed by atoms with Gasteiger partial charge in [0, 0.05) is 0 Å². The van der Waals surface area contributed by atoms with Gasteiger partial charge in [-0.3, -0.25) is 9.59 Å². The maximum atomic E-state index is 12.7. The summed E-state index contributed by atoms with van der Waals surface area (Å²) in [5.74, 6) is 3.29. The average molecular weight is 491 g/mol. The molecule has 1 N–H and O–H groups in total. The Morgan fingerprint density at radius 1 is 1.11 bits per heavy atom. The van der Waals surface area contributed by atoms with Crippen molar-refractivity contribution in [3.05, 3.63) is 0 Å². The first kappa shape index (κ1) is 26.9. The van der Waals surface area contributed by atoms with Crippen molar-refractivity contribution in [2.24, 2.45) is 51.8 Å². The topological polar surface area (TPSA) is 72.8 Å². The van der Waals surface area contributed by atoms with Crippen LogP contribution in [0.4, 0.5) is 0 Å². The highest BCUT2D eigenvalue weighted by Crippen LogP contribution is 2.68. The number of carbonyl (C=O) groups is 2. The summed E-state index contributed by atoms with van der Waals surface area (Å²) >= 11 is 0. The highest BCUT2D eigenvalue weighted by Gasteiger charge is 2.63. The summed E-state index contributed by atoms with van der Waals surface area (Å²) in [6, 6.07) is 0. The molecule has 10 atom stereocenters. The Kier molecular flexibility index (Phi) is 7.69. The monoisotopic (exact) mass is 490 g/mol. The van der Waals surface area contributed by atoms with Crippen molar-refractivity contribution in [2.75, 3.05) is 6.61 Å². The number of aliphatic hydroxyl groups excluding tert-OH is 1. The number of carbonyl (C=O) groups excluding carboxylic acids is 2. The molecule has 4 fully saturated rings. The summed E-state index contributed by atoms with van der Waals surface area (Å²) in [5.41, 5.74) is -0.217. The second-order valence-electron chi connectivity index (χ2n) is 13.7. The number of ether oxygens (including phenoxy) is 2. The number of aliphatic hydroxyl groups is 1. The summed E-state index contributed by atoms with van der Waals surface area (Å²) in [6.45, 7) is 14.2. The number of hydrogen-bond acceptors (Lipinski definition) is 5. The second-order valence-corrected chi connectivity index (χ2v) is 13.7. The van der Waals surface area contributed by atoms with Gasteiger partial charge < -0.3 is 14.6 Å². The molecule has 35 heavy (non-hydrogen) atoms. The number of esters is 1. The third-order valence-electron chi connectivity index (χ3n) is 12.0. The molecule has 4 aliphatic carbocycles. The quantitative estimate of drug-likeness (QED) is 0.250. The molecule has 0 aromatic heterocycles. The molecule has 0 aromatic rings. The van der Waals surface area contributed by atoms with E-state index in [-0.39, 0.29) is 29.0 Å². The van der Waals surface area contributed by atoms with Gasteiger partial charge in [-0.15, -0.1) is 0 Å². The Labute approximate surface area is 213 Å². The van der Waals surface area contributed by atoms with Crippen LogP contribution in [-0.2, 0) is 19.1 Å². The number of fused-ring (bicyclic) bond motifs is 5. The molecule has 4 aliphatic rings. The van der Waals surface area contributed by atoms with Crippen LogP contribution in [0.15, 0.2) is 0 Å². The third kappa shape index (κ3) is 4.57. The van der Waals surface area contributed by atoms with Crippen LogP contribution in [0.1, 0.15) is 106 Å². The molecule has 4 rings (SSSR count). The van der Waals surface area contributed by atoms with Gasteiger partial charge in [0.15, 0.2) is 0 Å². The van der Waals surface area contributed by atoms with Gasteiger partial charge in [-0.05, 0) is 124 Å². The summed E-state index contributed by atoms with van der Waals surface area (Å²) in [5, 5.41) is 11.7. The van der Waals surface area contributed by atoms with Crippen LogP contribution in [0.5, 0.6) is 0 Å². The van der Waals surface area contributed by atoms with Crippen molar-refractivity contribution < 1.29 is 24.2 Å². The molecular formula is C30H50O5. The minimum absolute atomic E-state index is 0.0383. The van der Waals surface area contributed by atoms with E-state index < -0.39 is 5.41 Å². The van der Waals surface area contributed by atoms with Gasteiger partial charge in [-0.2, -0.15) is 0 Å². The number of rotatable bonds is 8.